The first kappa shape index (κ1) is 20.4. The molecule has 1 aliphatic rings. The van der Waals surface area contributed by atoms with E-state index < -0.39 is 5.97 Å². The zero-order chi connectivity index (χ0) is 21.1. The Morgan fingerprint density at radius 3 is 2.70 bits per heavy atom. The van der Waals surface area contributed by atoms with Gasteiger partial charge in [-0.15, -0.1) is 11.8 Å². The maximum atomic E-state index is 12.1. The Labute approximate surface area is 178 Å². The van der Waals surface area contributed by atoms with E-state index in [1.54, 1.807) is 12.3 Å². The summed E-state index contributed by atoms with van der Waals surface area (Å²) in [6, 6.07) is 7.52. The summed E-state index contributed by atoms with van der Waals surface area (Å²) in [5, 5.41) is 0.490. The summed E-state index contributed by atoms with van der Waals surface area (Å²) in [5.41, 5.74) is 3.68. The highest BCUT2D eigenvalue weighted by atomic mass is 32.2. The van der Waals surface area contributed by atoms with E-state index in [1.165, 1.54) is 7.11 Å². The van der Waals surface area contributed by atoms with Crippen molar-refractivity contribution in [3.05, 3.63) is 58.3 Å². The smallest absolute Gasteiger partial charge is 0.356 e. The molecule has 0 aliphatic carbocycles. The van der Waals surface area contributed by atoms with Crippen molar-refractivity contribution in [2.45, 2.75) is 36.3 Å². The monoisotopic (exact) mass is 424 g/mol. The van der Waals surface area contributed by atoms with Gasteiger partial charge in [-0.25, -0.2) is 9.78 Å². The molecule has 7 nitrogen and oxygen atoms in total. The lowest BCUT2D eigenvalue weighted by Gasteiger charge is -2.33. The average molecular weight is 425 g/mol. The van der Waals surface area contributed by atoms with Gasteiger partial charge < -0.3 is 14.6 Å². The molecule has 0 aromatic carbocycles. The van der Waals surface area contributed by atoms with Gasteiger partial charge in [0.25, 0.3) is 5.56 Å². The number of carbonyl (C=O) groups excluding carboxylic acids is 1. The summed E-state index contributed by atoms with van der Waals surface area (Å²) in [6.45, 7) is 3.82. The van der Waals surface area contributed by atoms with E-state index in [4.69, 9.17) is 4.74 Å². The second kappa shape index (κ2) is 8.87. The summed E-state index contributed by atoms with van der Waals surface area (Å²) >= 11 is 1.81. The average Bonchev–Trinajstić information content (AvgIpc) is 2.78. The Hall–Kier alpha value is -2.87. The fourth-order valence-corrected chi connectivity index (χ4v) is 4.79. The lowest BCUT2D eigenvalue weighted by atomic mass is 10.1. The number of piperidine rings is 1. The zero-order valence-corrected chi connectivity index (χ0v) is 17.9. The van der Waals surface area contributed by atoms with E-state index in [9.17, 15) is 9.59 Å². The summed E-state index contributed by atoms with van der Waals surface area (Å²) < 4.78 is 4.69. The number of pyridine rings is 3. The maximum absolute atomic E-state index is 12.1. The minimum absolute atomic E-state index is 0.0333. The van der Waals surface area contributed by atoms with Crippen molar-refractivity contribution in [2.24, 2.45) is 0 Å². The van der Waals surface area contributed by atoms with Gasteiger partial charge in [0.15, 0.2) is 0 Å². The molecule has 1 N–H and O–H groups in total. The number of thioether (sulfide) groups is 1. The van der Waals surface area contributed by atoms with Crippen molar-refractivity contribution in [3.8, 4) is 0 Å². The van der Waals surface area contributed by atoms with Crippen molar-refractivity contribution < 1.29 is 9.53 Å². The van der Waals surface area contributed by atoms with Crippen molar-refractivity contribution >= 4 is 34.5 Å². The van der Waals surface area contributed by atoms with E-state index in [0.29, 0.717) is 17.4 Å². The highest BCUT2D eigenvalue weighted by Gasteiger charge is 2.21. The van der Waals surface area contributed by atoms with Crippen LogP contribution in [0.3, 0.4) is 0 Å². The normalized spacial score (nSPS) is 14.8. The van der Waals surface area contributed by atoms with E-state index >= 15 is 0 Å². The fourth-order valence-electron chi connectivity index (χ4n) is 3.65. The molecule has 0 radical (unpaired) electrons. The van der Waals surface area contributed by atoms with Crippen molar-refractivity contribution in [1.82, 2.24) is 15.0 Å². The minimum Gasteiger partial charge on any atom is -0.464 e. The standard InChI is InChI=1S/C22H24N4O3S/c1-3-14-10-19-20(25-21(14)27)11-17(13-24-19)30-16-6-8-26(9-7-16)15-4-5-18(23-12-15)22(28)29-2/h4-5,10-13,16H,3,6-9H2,1-2H3,(H,25,27). The SMILES string of the molecule is CCc1cc2ncc(SC3CCN(c4ccc(C(=O)OC)nc4)CC3)cc2[nH]c1=O. The van der Waals surface area contributed by atoms with E-state index in [0.717, 1.165) is 53.1 Å². The first-order valence-corrected chi connectivity index (χ1v) is 10.9. The Bertz CT molecular complexity index is 1110. The van der Waals surface area contributed by atoms with Crippen LogP contribution in [0, 0.1) is 0 Å². The molecule has 30 heavy (non-hydrogen) atoms. The molecule has 1 aliphatic heterocycles. The van der Waals surface area contributed by atoms with Gasteiger partial charge in [0.1, 0.15) is 5.69 Å². The molecular weight excluding hydrogens is 400 g/mol. The predicted octanol–water partition coefficient (Wildman–Crippen LogP) is 3.43. The highest BCUT2D eigenvalue weighted by Crippen LogP contribution is 2.32. The van der Waals surface area contributed by atoms with Gasteiger partial charge >= 0.3 is 5.97 Å². The van der Waals surface area contributed by atoms with Crippen molar-refractivity contribution in [1.29, 1.82) is 0 Å². The highest BCUT2D eigenvalue weighted by molar-refractivity contribution is 8.00. The molecule has 0 saturated carbocycles. The van der Waals surface area contributed by atoms with Crippen LogP contribution in [0.1, 0.15) is 35.8 Å². The fraction of sp³-hybridized carbons (Fsp3) is 0.364. The van der Waals surface area contributed by atoms with Crippen LogP contribution in [-0.4, -0.2) is 46.4 Å². The van der Waals surface area contributed by atoms with Crippen LogP contribution in [0.5, 0.6) is 0 Å². The number of anilines is 1. The van der Waals surface area contributed by atoms with Crippen LogP contribution in [0.2, 0.25) is 0 Å². The number of rotatable bonds is 5. The second-order valence-corrected chi connectivity index (χ2v) is 8.65. The summed E-state index contributed by atoms with van der Waals surface area (Å²) in [4.78, 5) is 38.7. The summed E-state index contributed by atoms with van der Waals surface area (Å²) in [6.07, 6.45) is 6.39. The third kappa shape index (κ3) is 4.33. The zero-order valence-electron chi connectivity index (χ0n) is 17.1. The molecule has 1 fully saturated rings. The summed E-state index contributed by atoms with van der Waals surface area (Å²) in [7, 11) is 1.35. The molecule has 0 atom stereocenters. The first-order chi connectivity index (χ1) is 14.6. The summed E-state index contributed by atoms with van der Waals surface area (Å²) in [5.74, 6) is -0.423. The third-order valence-corrected chi connectivity index (χ3v) is 6.68. The molecule has 0 bridgehead atoms. The molecule has 156 valence electrons. The number of carbonyl (C=O) groups is 1. The lowest BCUT2D eigenvalue weighted by molar-refractivity contribution is 0.0594. The lowest BCUT2D eigenvalue weighted by Crippen LogP contribution is -2.34. The minimum atomic E-state index is -0.423. The topological polar surface area (TPSA) is 88.2 Å². The molecule has 1 saturated heterocycles. The maximum Gasteiger partial charge on any atom is 0.356 e. The van der Waals surface area contributed by atoms with Crippen LogP contribution in [0.4, 0.5) is 5.69 Å². The first-order valence-electron chi connectivity index (χ1n) is 10.1. The number of fused-ring (bicyclic) bond motifs is 1. The van der Waals surface area contributed by atoms with Gasteiger partial charge in [0.05, 0.1) is 30.0 Å². The third-order valence-electron chi connectivity index (χ3n) is 5.38. The molecule has 4 heterocycles. The molecule has 4 rings (SSSR count). The number of hydrogen-bond donors (Lipinski definition) is 1. The molecule has 3 aromatic rings. The van der Waals surface area contributed by atoms with Gasteiger partial charge in [-0.2, -0.15) is 0 Å². The van der Waals surface area contributed by atoms with Crippen LogP contribution in [0.25, 0.3) is 11.0 Å². The van der Waals surface area contributed by atoms with Crippen LogP contribution >= 0.6 is 11.8 Å². The number of esters is 1. The van der Waals surface area contributed by atoms with Crippen LogP contribution in [-0.2, 0) is 11.2 Å². The number of ether oxygens (including phenoxy) is 1. The Morgan fingerprint density at radius 2 is 2.03 bits per heavy atom. The quantitative estimate of drug-likeness (QED) is 0.628. The van der Waals surface area contributed by atoms with Gasteiger partial charge in [-0.3, -0.25) is 9.78 Å². The van der Waals surface area contributed by atoms with E-state index in [1.807, 2.05) is 43.1 Å². The van der Waals surface area contributed by atoms with E-state index in [2.05, 4.69) is 19.9 Å². The molecule has 0 spiro atoms. The van der Waals surface area contributed by atoms with Gasteiger partial charge in [-0.05, 0) is 43.5 Å². The number of nitrogens with zero attached hydrogens (tertiary/aromatic N) is 3. The molecular formula is C22H24N4O3S. The van der Waals surface area contributed by atoms with Crippen LogP contribution < -0.4 is 10.5 Å². The number of aromatic nitrogens is 3. The molecule has 0 amide bonds. The van der Waals surface area contributed by atoms with Crippen molar-refractivity contribution in [3.63, 3.8) is 0 Å². The van der Waals surface area contributed by atoms with Crippen LogP contribution in [0.15, 0.2) is 46.3 Å². The Morgan fingerprint density at radius 1 is 1.23 bits per heavy atom. The van der Waals surface area contributed by atoms with E-state index in [-0.39, 0.29) is 5.56 Å². The van der Waals surface area contributed by atoms with Gasteiger partial charge in [0.2, 0.25) is 0 Å². The number of H-pyrrole nitrogens is 1. The second-order valence-electron chi connectivity index (χ2n) is 7.28. The number of nitrogens with one attached hydrogen (secondary N) is 1. The molecule has 0 unspecified atom stereocenters. The molecule has 3 aromatic heterocycles. The number of hydrogen-bond acceptors (Lipinski definition) is 7. The Kier molecular flexibility index (Phi) is 6.03. The number of methoxy groups -OCH3 is 1. The Balaban J connectivity index is 1.38. The predicted molar refractivity (Wildman–Crippen MR) is 118 cm³/mol. The van der Waals surface area contributed by atoms with Gasteiger partial charge in [0, 0.05) is 35.0 Å². The number of aromatic amines is 1. The number of aryl methyl sites for hydroxylation is 1. The molecule has 8 heteroatoms. The largest absolute Gasteiger partial charge is 0.464 e. The van der Waals surface area contributed by atoms with Crippen molar-refractivity contribution in [2.75, 3.05) is 25.1 Å². The van der Waals surface area contributed by atoms with Gasteiger partial charge in [-0.1, -0.05) is 6.92 Å².